The number of benzene rings is 2. The second-order valence-corrected chi connectivity index (χ2v) is 7.86. The fraction of sp³-hybridized carbons (Fsp3) is 0.350. The Morgan fingerprint density at radius 1 is 1.11 bits per heavy atom. The van der Waals surface area contributed by atoms with Crippen LogP contribution in [0, 0.1) is 6.92 Å². The summed E-state index contributed by atoms with van der Waals surface area (Å²) in [5, 5.41) is 3.35. The number of methoxy groups -OCH3 is 3. The average molecular weight is 423 g/mol. The summed E-state index contributed by atoms with van der Waals surface area (Å²) < 4.78 is 16.3. The van der Waals surface area contributed by atoms with Crippen LogP contribution in [0.5, 0.6) is 17.2 Å². The Labute approximate surface area is 174 Å². The molecule has 8 heteroatoms. The predicted molar refractivity (Wildman–Crippen MR) is 113 cm³/mol. The average Bonchev–Trinajstić information content (AvgIpc) is 3.19. The minimum absolute atomic E-state index is 0.188. The number of thioether (sulfide) groups is 1. The Hall–Kier alpha value is -2.25. The molecule has 0 bridgehead atoms. The lowest BCUT2D eigenvalue weighted by Gasteiger charge is -2.26. The van der Waals surface area contributed by atoms with Crippen LogP contribution in [0.15, 0.2) is 30.3 Å². The number of urea groups is 1. The number of anilines is 1. The zero-order valence-corrected chi connectivity index (χ0v) is 17.8. The van der Waals surface area contributed by atoms with Crippen LogP contribution in [0.4, 0.5) is 10.5 Å². The molecule has 2 aromatic carbocycles. The molecule has 1 unspecified atom stereocenters. The van der Waals surface area contributed by atoms with Gasteiger partial charge >= 0.3 is 6.03 Å². The number of carbonyl (C=O) groups is 1. The molecule has 1 saturated heterocycles. The van der Waals surface area contributed by atoms with Crippen LogP contribution in [0.1, 0.15) is 16.5 Å². The molecule has 1 aliphatic rings. The molecule has 6 nitrogen and oxygen atoms in total. The van der Waals surface area contributed by atoms with Gasteiger partial charge in [0, 0.05) is 34.6 Å². The van der Waals surface area contributed by atoms with E-state index >= 15 is 0 Å². The van der Waals surface area contributed by atoms with E-state index in [0.717, 1.165) is 16.9 Å². The Morgan fingerprint density at radius 3 is 2.43 bits per heavy atom. The molecule has 3 rings (SSSR count). The Bertz CT molecular complexity index is 878. The maximum absolute atomic E-state index is 12.9. The summed E-state index contributed by atoms with van der Waals surface area (Å²) in [6, 6.07) is 8.93. The summed E-state index contributed by atoms with van der Waals surface area (Å²) in [6.45, 7) is 2.54. The highest BCUT2D eigenvalue weighted by atomic mass is 35.5. The van der Waals surface area contributed by atoms with E-state index in [-0.39, 0.29) is 11.4 Å². The van der Waals surface area contributed by atoms with Crippen molar-refractivity contribution in [3.63, 3.8) is 0 Å². The van der Waals surface area contributed by atoms with Gasteiger partial charge in [-0.25, -0.2) is 4.79 Å². The highest BCUT2D eigenvalue weighted by Crippen LogP contribution is 2.46. The second kappa shape index (κ2) is 8.84. The van der Waals surface area contributed by atoms with Gasteiger partial charge in [0.1, 0.15) is 11.1 Å². The number of carbonyl (C=O) groups excluding carboxylic acids is 1. The normalized spacial score (nSPS) is 16.0. The van der Waals surface area contributed by atoms with Crippen LogP contribution in [0.25, 0.3) is 0 Å². The number of halogens is 1. The zero-order valence-electron chi connectivity index (χ0n) is 16.2. The lowest BCUT2D eigenvalue weighted by atomic mass is 10.1. The number of rotatable bonds is 5. The minimum Gasteiger partial charge on any atom is -0.496 e. The topological polar surface area (TPSA) is 60.0 Å². The van der Waals surface area contributed by atoms with Crippen molar-refractivity contribution >= 4 is 35.1 Å². The van der Waals surface area contributed by atoms with E-state index in [2.05, 4.69) is 5.32 Å². The molecule has 0 saturated carbocycles. The first-order valence-corrected chi connectivity index (χ1v) is 10.2. The van der Waals surface area contributed by atoms with E-state index in [4.69, 9.17) is 25.8 Å². The molecule has 28 heavy (non-hydrogen) atoms. The molecule has 150 valence electrons. The van der Waals surface area contributed by atoms with E-state index < -0.39 is 0 Å². The summed E-state index contributed by atoms with van der Waals surface area (Å²) in [7, 11) is 4.76. The van der Waals surface area contributed by atoms with E-state index in [1.54, 1.807) is 50.1 Å². The maximum Gasteiger partial charge on any atom is 0.323 e. The number of aryl methyl sites for hydroxylation is 1. The van der Waals surface area contributed by atoms with Gasteiger partial charge in [-0.05, 0) is 30.7 Å². The van der Waals surface area contributed by atoms with Gasteiger partial charge in [-0.3, -0.25) is 0 Å². The molecule has 1 heterocycles. The van der Waals surface area contributed by atoms with E-state index in [1.807, 2.05) is 25.1 Å². The molecule has 0 radical (unpaired) electrons. The highest BCUT2D eigenvalue weighted by molar-refractivity contribution is 7.99. The fourth-order valence-electron chi connectivity index (χ4n) is 3.05. The van der Waals surface area contributed by atoms with Crippen molar-refractivity contribution < 1.29 is 19.0 Å². The summed E-state index contributed by atoms with van der Waals surface area (Å²) in [5.41, 5.74) is 2.49. The summed E-state index contributed by atoms with van der Waals surface area (Å²) in [6.07, 6.45) is 0. The zero-order chi connectivity index (χ0) is 20.3. The molecular formula is C20H23ClN2O4S. The van der Waals surface area contributed by atoms with Crippen LogP contribution in [-0.2, 0) is 0 Å². The third-order valence-electron chi connectivity index (χ3n) is 4.58. The molecule has 1 atom stereocenters. The van der Waals surface area contributed by atoms with Gasteiger partial charge in [-0.1, -0.05) is 17.7 Å². The van der Waals surface area contributed by atoms with Crippen LogP contribution < -0.4 is 19.5 Å². The van der Waals surface area contributed by atoms with Crippen molar-refractivity contribution in [2.45, 2.75) is 12.3 Å². The molecule has 0 aromatic heterocycles. The number of amides is 2. The quantitative estimate of drug-likeness (QED) is 0.738. The largest absolute Gasteiger partial charge is 0.496 e. The Kier molecular flexibility index (Phi) is 6.46. The van der Waals surface area contributed by atoms with Crippen molar-refractivity contribution in [1.82, 2.24) is 4.90 Å². The maximum atomic E-state index is 12.9. The lowest BCUT2D eigenvalue weighted by Crippen LogP contribution is -2.34. The van der Waals surface area contributed by atoms with E-state index in [1.165, 1.54) is 0 Å². The predicted octanol–water partition coefficient (Wildman–Crippen LogP) is 4.95. The van der Waals surface area contributed by atoms with E-state index in [9.17, 15) is 4.79 Å². The number of nitrogens with zero attached hydrogens (tertiary/aromatic N) is 1. The third kappa shape index (κ3) is 4.10. The molecule has 0 aliphatic carbocycles. The van der Waals surface area contributed by atoms with Crippen LogP contribution in [0.3, 0.4) is 0 Å². The SMILES string of the molecule is COc1cc(OC)c(C2SCCN2C(=O)Nc2ccc(C)c(Cl)c2)cc1OC. The summed E-state index contributed by atoms with van der Waals surface area (Å²) in [4.78, 5) is 14.7. The molecular weight excluding hydrogens is 400 g/mol. The van der Waals surface area contributed by atoms with Crippen LogP contribution in [0.2, 0.25) is 5.02 Å². The first-order valence-electron chi connectivity index (χ1n) is 8.73. The van der Waals surface area contributed by atoms with Crippen molar-refractivity contribution in [2.24, 2.45) is 0 Å². The molecule has 2 amide bonds. The first-order chi connectivity index (χ1) is 13.5. The highest BCUT2D eigenvalue weighted by Gasteiger charge is 2.33. The molecule has 0 spiro atoms. The third-order valence-corrected chi connectivity index (χ3v) is 6.23. The van der Waals surface area contributed by atoms with Crippen molar-refractivity contribution in [3.05, 3.63) is 46.5 Å². The summed E-state index contributed by atoms with van der Waals surface area (Å²) >= 11 is 7.84. The van der Waals surface area contributed by atoms with Crippen molar-refractivity contribution in [2.75, 3.05) is 38.9 Å². The van der Waals surface area contributed by atoms with Crippen molar-refractivity contribution in [1.29, 1.82) is 0 Å². The lowest BCUT2D eigenvalue weighted by molar-refractivity contribution is 0.213. The smallest absolute Gasteiger partial charge is 0.323 e. The van der Waals surface area contributed by atoms with Gasteiger partial charge in [-0.15, -0.1) is 11.8 Å². The fourth-order valence-corrected chi connectivity index (χ4v) is 4.50. The number of hydrogen-bond acceptors (Lipinski definition) is 5. The number of nitrogens with one attached hydrogen (secondary N) is 1. The van der Waals surface area contributed by atoms with Crippen LogP contribution in [-0.4, -0.2) is 44.6 Å². The number of ether oxygens (including phenoxy) is 3. The van der Waals surface area contributed by atoms with Gasteiger partial charge in [0.15, 0.2) is 11.5 Å². The number of hydrogen-bond donors (Lipinski definition) is 1. The van der Waals surface area contributed by atoms with Gasteiger partial charge in [0.2, 0.25) is 0 Å². The second-order valence-electron chi connectivity index (χ2n) is 6.26. The minimum atomic E-state index is -0.198. The van der Waals surface area contributed by atoms with Gasteiger partial charge in [-0.2, -0.15) is 0 Å². The Balaban J connectivity index is 1.88. The first kappa shape index (κ1) is 20.5. The van der Waals surface area contributed by atoms with Crippen LogP contribution >= 0.6 is 23.4 Å². The summed E-state index contributed by atoms with van der Waals surface area (Å²) in [5.74, 6) is 2.64. The Morgan fingerprint density at radius 2 is 1.79 bits per heavy atom. The van der Waals surface area contributed by atoms with E-state index in [0.29, 0.717) is 34.5 Å². The van der Waals surface area contributed by atoms with Gasteiger partial charge < -0.3 is 24.4 Å². The van der Waals surface area contributed by atoms with Gasteiger partial charge in [0.25, 0.3) is 0 Å². The standard InChI is InChI=1S/C20H23ClN2O4S/c1-12-5-6-13(9-15(12)21)22-20(24)23-7-8-28-19(23)14-10-17(26-3)18(27-4)11-16(14)25-2/h5-6,9-11,19H,7-8H2,1-4H3,(H,22,24). The molecule has 1 N–H and O–H groups in total. The molecule has 2 aromatic rings. The van der Waals surface area contributed by atoms with Gasteiger partial charge in [0.05, 0.1) is 21.3 Å². The molecule has 1 aliphatic heterocycles. The molecule has 1 fully saturated rings. The van der Waals surface area contributed by atoms with Crippen molar-refractivity contribution in [3.8, 4) is 17.2 Å². The monoisotopic (exact) mass is 422 g/mol.